The molecular formula is C28H32N4O9S3. The first kappa shape index (κ1) is 32.9. The van der Waals surface area contributed by atoms with E-state index in [-0.39, 0.29) is 46.1 Å². The quantitative estimate of drug-likeness (QED) is 0.232. The van der Waals surface area contributed by atoms with E-state index in [4.69, 9.17) is 0 Å². The molecule has 1 saturated heterocycles. The number of carbonyl (C=O) groups excluding carboxylic acids is 2. The Bertz CT molecular complexity index is 1840. The van der Waals surface area contributed by atoms with Crippen molar-refractivity contribution in [3.05, 3.63) is 83.9 Å². The van der Waals surface area contributed by atoms with E-state index in [2.05, 4.69) is 15.4 Å². The summed E-state index contributed by atoms with van der Waals surface area (Å²) in [6.45, 7) is 3.14. The molecule has 13 nitrogen and oxygen atoms in total. The summed E-state index contributed by atoms with van der Waals surface area (Å²) in [5, 5.41) is 15.8. The van der Waals surface area contributed by atoms with Crippen LogP contribution < -0.4 is 19.7 Å². The molecule has 1 fully saturated rings. The first-order valence-electron chi connectivity index (χ1n) is 13.3. The molecule has 3 aromatic rings. The summed E-state index contributed by atoms with van der Waals surface area (Å²) in [6.07, 6.45) is -1.50. The van der Waals surface area contributed by atoms with E-state index in [1.807, 2.05) is 0 Å². The van der Waals surface area contributed by atoms with Crippen molar-refractivity contribution in [2.24, 2.45) is 0 Å². The van der Waals surface area contributed by atoms with Gasteiger partial charge in [-0.15, -0.1) is 0 Å². The Morgan fingerprint density at radius 1 is 0.773 bits per heavy atom. The minimum absolute atomic E-state index is 0.0127. The number of nitrogens with zero attached hydrogens (tertiary/aromatic N) is 1. The van der Waals surface area contributed by atoms with E-state index < -0.39 is 53.5 Å². The zero-order valence-electron chi connectivity index (χ0n) is 23.8. The third kappa shape index (κ3) is 7.93. The molecule has 4 rings (SSSR count). The van der Waals surface area contributed by atoms with Crippen LogP contribution in [-0.4, -0.2) is 65.8 Å². The van der Waals surface area contributed by atoms with Crippen molar-refractivity contribution in [1.82, 2.24) is 10.6 Å². The molecule has 1 aliphatic heterocycles. The van der Waals surface area contributed by atoms with Crippen LogP contribution in [0.5, 0.6) is 0 Å². The zero-order valence-corrected chi connectivity index (χ0v) is 26.2. The Balaban J connectivity index is 1.61. The van der Waals surface area contributed by atoms with Crippen LogP contribution in [0.3, 0.4) is 0 Å². The molecule has 4 N–H and O–H groups in total. The van der Waals surface area contributed by atoms with Gasteiger partial charge in [-0.25, -0.2) is 25.3 Å². The Labute approximate surface area is 256 Å². The topological polar surface area (TPSA) is 196 Å². The number of sulfonamides is 2. The summed E-state index contributed by atoms with van der Waals surface area (Å²) in [6, 6.07) is 15.5. The number of sulfone groups is 1. The van der Waals surface area contributed by atoms with Crippen molar-refractivity contribution in [2.75, 3.05) is 20.5 Å². The van der Waals surface area contributed by atoms with Gasteiger partial charge in [-0.3, -0.25) is 18.6 Å². The lowest BCUT2D eigenvalue weighted by Gasteiger charge is -2.31. The normalized spacial score (nSPS) is 17.9. The number of anilines is 2. The lowest BCUT2D eigenvalue weighted by molar-refractivity contribution is -0.120. The number of hydrogen-bond donors (Lipinski definition) is 4. The summed E-state index contributed by atoms with van der Waals surface area (Å²) in [5.74, 6) is -1.70. The van der Waals surface area contributed by atoms with Crippen LogP contribution in [0.15, 0.2) is 82.6 Å². The summed E-state index contributed by atoms with van der Waals surface area (Å²) in [7, 11) is -12.2. The Morgan fingerprint density at radius 2 is 1.25 bits per heavy atom. The molecule has 3 aromatic carbocycles. The van der Waals surface area contributed by atoms with Crippen molar-refractivity contribution in [2.45, 2.75) is 48.9 Å². The first-order valence-corrected chi connectivity index (χ1v) is 18.0. The molecule has 0 saturated carbocycles. The van der Waals surface area contributed by atoms with Crippen LogP contribution in [0.25, 0.3) is 0 Å². The van der Waals surface area contributed by atoms with Gasteiger partial charge >= 0.3 is 0 Å². The fraction of sp³-hybridized carbons (Fsp3) is 0.286. The molecule has 2 amide bonds. The molecule has 0 bridgehead atoms. The third-order valence-electron chi connectivity index (χ3n) is 6.77. The van der Waals surface area contributed by atoms with Crippen molar-refractivity contribution >= 4 is 53.1 Å². The summed E-state index contributed by atoms with van der Waals surface area (Å²) in [5.41, 5.74) is 1.45. The van der Waals surface area contributed by atoms with Gasteiger partial charge in [0.2, 0.25) is 11.8 Å². The Kier molecular flexibility index (Phi) is 9.68. The standard InChI is InChI=1S/C28H32N4O9S3/c1-19(33)29-15-21-3-11-25(12-4-21)43(38,39)31-23-7-9-24(10-8-23)32(27-17-42(36,37)18-28(27)35)44(40,41)26-13-5-22(6-14-26)16-30-20(2)34/h3-14,27-28,31,35H,15-18H2,1-2H3,(H,29,33)(H,30,34)/t27-,28+/m0/s1. The summed E-state index contributed by atoms with van der Waals surface area (Å²) < 4.78 is 81.6. The van der Waals surface area contributed by atoms with Crippen molar-refractivity contribution < 1.29 is 39.9 Å². The van der Waals surface area contributed by atoms with Crippen LogP contribution in [0.1, 0.15) is 25.0 Å². The number of benzene rings is 3. The predicted molar refractivity (Wildman–Crippen MR) is 163 cm³/mol. The fourth-order valence-electron chi connectivity index (χ4n) is 4.57. The molecule has 44 heavy (non-hydrogen) atoms. The smallest absolute Gasteiger partial charge is 0.264 e. The molecule has 0 radical (unpaired) electrons. The van der Waals surface area contributed by atoms with Gasteiger partial charge in [-0.1, -0.05) is 24.3 Å². The SMILES string of the molecule is CC(=O)NCc1ccc(S(=O)(=O)Nc2ccc(N([C@H]3CS(=O)(=O)C[C@H]3O)S(=O)(=O)c3ccc(CNC(C)=O)cc3)cc2)cc1. The van der Waals surface area contributed by atoms with E-state index in [9.17, 15) is 39.9 Å². The van der Waals surface area contributed by atoms with Crippen LogP contribution in [-0.2, 0) is 52.6 Å². The molecule has 0 aliphatic carbocycles. The van der Waals surface area contributed by atoms with Gasteiger partial charge in [0.25, 0.3) is 20.0 Å². The van der Waals surface area contributed by atoms with Gasteiger partial charge in [0, 0.05) is 32.6 Å². The van der Waals surface area contributed by atoms with E-state index in [1.54, 1.807) is 12.1 Å². The number of nitrogens with one attached hydrogen (secondary N) is 3. The maximum absolute atomic E-state index is 13.9. The average Bonchev–Trinajstić information content (AvgIpc) is 3.23. The molecule has 0 spiro atoms. The number of hydrogen-bond acceptors (Lipinski definition) is 9. The highest BCUT2D eigenvalue weighted by molar-refractivity contribution is 7.93. The number of amides is 2. The maximum atomic E-state index is 13.9. The number of aliphatic hydroxyl groups is 1. The van der Waals surface area contributed by atoms with E-state index in [1.165, 1.54) is 74.5 Å². The van der Waals surface area contributed by atoms with Gasteiger partial charge in [-0.2, -0.15) is 0 Å². The van der Waals surface area contributed by atoms with Gasteiger partial charge in [0.1, 0.15) is 0 Å². The lowest BCUT2D eigenvalue weighted by atomic mass is 10.2. The third-order valence-corrected chi connectivity index (χ3v) is 11.7. The molecule has 1 heterocycles. The van der Waals surface area contributed by atoms with E-state index >= 15 is 0 Å². The molecule has 16 heteroatoms. The Morgan fingerprint density at radius 3 is 1.68 bits per heavy atom. The predicted octanol–water partition coefficient (Wildman–Crippen LogP) is 1.11. The highest BCUT2D eigenvalue weighted by atomic mass is 32.2. The molecule has 0 unspecified atom stereocenters. The van der Waals surface area contributed by atoms with Crippen LogP contribution >= 0.6 is 0 Å². The average molecular weight is 665 g/mol. The van der Waals surface area contributed by atoms with Crippen molar-refractivity contribution in [3.63, 3.8) is 0 Å². The Hall–Kier alpha value is -3.99. The minimum atomic E-state index is -4.42. The lowest BCUT2D eigenvalue weighted by Crippen LogP contribution is -2.47. The first-order chi connectivity index (χ1) is 20.6. The largest absolute Gasteiger partial charge is 0.390 e. The van der Waals surface area contributed by atoms with Crippen molar-refractivity contribution in [1.29, 1.82) is 0 Å². The van der Waals surface area contributed by atoms with Crippen LogP contribution in [0.4, 0.5) is 11.4 Å². The van der Waals surface area contributed by atoms with Crippen LogP contribution in [0.2, 0.25) is 0 Å². The monoisotopic (exact) mass is 664 g/mol. The van der Waals surface area contributed by atoms with E-state index in [0.717, 1.165) is 4.31 Å². The van der Waals surface area contributed by atoms with E-state index in [0.29, 0.717) is 11.1 Å². The second-order valence-electron chi connectivity index (χ2n) is 10.3. The van der Waals surface area contributed by atoms with Gasteiger partial charge < -0.3 is 15.7 Å². The zero-order chi connectivity index (χ0) is 32.3. The molecular weight excluding hydrogens is 633 g/mol. The molecule has 1 aliphatic rings. The van der Waals surface area contributed by atoms with Gasteiger partial charge in [0.15, 0.2) is 9.84 Å². The van der Waals surface area contributed by atoms with Gasteiger partial charge in [-0.05, 0) is 59.7 Å². The van der Waals surface area contributed by atoms with Crippen molar-refractivity contribution in [3.8, 4) is 0 Å². The highest BCUT2D eigenvalue weighted by Gasteiger charge is 2.45. The fourth-order valence-corrected chi connectivity index (χ4v) is 9.17. The molecule has 2 atom stereocenters. The summed E-state index contributed by atoms with van der Waals surface area (Å²) in [4.78, 5) is 22.1. The molecule has 0 aromatic heterocycles. The minimum Gasteiger partial charge on any atom is -0.390 e. The maximum Gasteiger partial charge on any atom is 0.264 e. The number of aliphatic hydroxyl groups excluding tert-OH is 1. The van der Waals surface area contributed by atoms with Gasteiger partial charge in [0.05, 0.1) is 39.1 Å². The molecule has 236 valence electrons. The number of rotatable bonds is 11. The number of carbonyl (C=O) groups is 2. The second kappa shape index (κ2) is 12.9. The second-order valence-corrected chi connectivity index (χ2v) is 15.9. The highest BCUT2D eigenvalue weighted by Crippen LogP contribution is 2.32. The summed E-state index contributed by atoms with van der Waals surface area (Å²) >= 11 is 0. The van der Waals surface area contributed by atoms with Crippen LogP contribution in [0, 0.1) is 0 Å².